The minimum absolute atomic E-state index is 0.104. The van der Waals surface area contributed by atoms with E-state index in [4.69, 9.17) is 4.98 Å². The third kappa shape index (κ3) is 3.31. The van der Waals surface area contributed by atoms with Crippen LogP contribution in [-0.4, -0.2) is 14.5 Å². The summed E-state index contributed by atoms with van der Waals surface area (Å²) in [6.45, 7) is 4.08. The van der Waals surface area contributed by atoms with Gasteiger partial charge in [0.15, 0.2) is 5.82 Å². The molecule has 0 unspecified atom stereocenters. The van der Waals surface area contributed by atoms with Crippen molar-refractivity contribution >= 4 is 17.2 Å². The second-order valence-corrected chi connectivity index (χ2v) is 6.46. The zero-order valence-electron chi connectivity index (χ0n) is 15.3. The molecular formula is C22H20N4O. The van der Waals surface area contributed by atoms with Crippen molar-refractivity contribution in [2.24, 2.45) is 10.2 Å². The number of nitrogens with zero attached hydrogens (tertiary/aromatic N) is 4. The second kappa shape index (κ2) is 7.03. The number of azo groups is 1. The van der Waals surface area contributed by atoms with E-state index in [1.165, 1.54) is 5.56 Å². The first-order valence-electron chi connectivity index (χ1n) is 8.93. The molecule has 5 heteroatoms. The molecule has 0 aliphatic rings. The fourth-order valence-corrected chi connectivity index (χ4v) is 2.99. The predicted octanol–water partition coefficient (Wildman–Crippen LogP) is 5.99. The van der Waals surface area contributed by atoms with Crippen LogP contribution >= 0.6 is 0 Å². The molecule has 0 radical (unpaired) electrons. The number of aromatic hydroxyl groups is 1. The Balaban J connectivity index is 1.85. The number of aromatic nitrogens is 2. The van der Waals surface area contributed by atoms with Gasteiger partial charge in [0.25, 0.3) is 0 Å². The van der Waals surface area contributed by atoms with Gasteiger partial charge in [0, 0.05) is 11.8 Å². The Kier molecular flexibility index (Phi) is 4.42. The van der Waals surface area contributed by atoms with Gasteiger partial charge in [-0.3, -0.25) is 4.40 Å². The Hall–Kier alpha value is -3.47. The van der Waals surface area contributed by atoms with E-state index in [-0.39, 0.29) is 5.75 Å². The van der Waals surface area contributed by atoms with Crippen molar-refractivity contribution in [2.75, 3.05) is 0 Å². The summed E-state index contributed by atoms with van der Waals surface area (Å²) in [6.07, 6.45) is 2.90. The summed E-state index contributed by atoms with van der Waals surface area (Å²) in [5, 5.41) is 18.8. The predicted molar refractivity (Wildman–Crippen MR) is 107 cm³/mol. The van der Waals surface area contributed by atoms with Gasteiger partial charge >= 0.3 is 0 Å². The average Bonchev–Trinajstić information content (AvgIpc) is 3.07. The van der Waals surface area contributed by atoms with Crippen LogP contribution in [0.1, 0.15) is 18.1 Å². The standard InChI is InChI=1S/C22H20N4O/c1-3-16-8-10-17(11-9-16)21-22(26-13-5-4-6-20(26)23-21)25-24-18-14-15(2)7-12-19(18)27/h4-14,27H,3H2,1-2H3. The number of fused-ring (bicyclic) bond motifs is 1. The molecule has 0 spiro atoms. The maximum absolute atomic E-state index is 10.0. The number of phenols is 1. The Morgan fingerprint density at radius 1 is 1.00 bits per heavy atom. The van der Waals surface area contributed by atoms with Gasteiger partial charge in [0.2, 0.25) is 0 Å². The first-order chi connectivity index (χ1) is 13.2. The molecule has 0 aliphatic carbocycles. The number of imidazole rings is 1. The summed E-state index contributed by atoms with van der Waals surface area (Å²) in [6, 6.07) is 19.4. The van der Waals surface area contributed by atoms with Crippen LogP contribution in [0.5, 0.6) is 5.75 Å². The van der Waals surface area contributed by atoms with Crippen molar-refractivity contribution in [1.82, 2.24) is 9.38 Å². The lowest BCUT2D eigenvalue weighted by Gasteiger charge is -2.02. The topological polar surface area (TPSA) is 62.2 Å². The number of aryl methyl sites for hydroxylation is 2. The van der Waals surface area contributed by atoms with Crippen LogP contribution in [0.25, 0.3) is 16.9 Å². The minimum Gasteiger partial charge on any atom is -0.506 e. The molecule has 0 aliphatic heterocycles. The fourth-order valence-electron chi connectivity index (χ4n) is 2.99. The highest BCUT2D eigenvalue weighted by Crippen LogP contribution is 2.34. The second-order valence-electron chi connectivity index (χ2n) is 6.46. The van der Waals surface area contributed by atoms with Gasteiger partial charge in [0.05, 0.1) is 0 Å². The Morgan fingerprint density at radius 2 is 1.81 bits per heavy atom. The highest BCUT2D eigenvalue weighted by atomic mass is 16.3. The average molecular weight is 356 g/mol. The van der Waals surface area contributed by atoms with E-state index in [0.717, 1.165) is 28.9 Å². The number of hydrogen-bond donors (Lipinski definition) is 1. The highest BCUT2D eigenvalue weighted by molar-refractivity contribution is 5.74. The largest absolute Gasteiger partial charge is 0.506 e. The third-order valence-corrected chi connectivity index (χ3v) is 4.52. The molecule has 0 saturated carbocycles. The van der Waals surface area contributed by atoms with E-state index in [9.17, 15) is 5.11 Å². The van der Waals surface area contributed by atoms with Crippen LogP contribution in [0, 0.1) is 6.92 Å². The fraction of sp³-hybridized carbons (Fsp3) is 0.136. The third-order valence-electron chi connectivity index (χ3n) is 4.52. The van der Waals surface area contributed by atoms with Crippen LogP contribution < -0.4 is 0 Å². The molecule has 1 N–H and O–H groups in total. The van der Waals surface area contributed by atoms with Crippen LogP contribution in [-0.2, 0) is 6.42 Å². The van der Waals surface area contributed by atoms with Crippen molar-refractivity contribution < 1.29 is 5.11 Å². The van der Waals surface area contributed by atoms with Crippen LogP contribution in [0.3, 0.4) is 0 Å². The van der Waals surface area contributed by atoms with Gasteiger partial charge in [-0.05, 0) is 48.7 Å². The van der Waals surface area contributed by atoms with Gasteiger partial charge in [-0.25, -0.2) is 4.98 Å². The van der Waals surface area contributed by atoms with Gasteiger partial charge in [0.1, 0.15) is 22.8 Å². The highest BCUT2D eigenvalue weighted by Gasteiger charge is 2.14. The molecule has 2 aromatic carbocycles. The van der Waals surface area contributed by atoms with E-state index >= 15 is 0 Å². The van der Waals surface area contributed by atoms with Gasteiger partial charge in [-0.2, -0.15) is 0 Å². The molecular weight excluding hydrogens is 336 g/mol. The number of pyridine rings is 1. The Labute approximate surface area is 157 Å². The SMILES string of the molecule is CCc1ccc(-c2nc3ccccn3c2N=Nc2cc(C)ccc2O)cc1. The molecule has 134 valence electrons. The minimum atomic E-state index is 0.104. The Morgan fingerprint density at radius 3 is 2.59 bits per heavy atom. The summed E-state index contributed by atoms with van der Waals surface area (Å²) >= 11 is 0. The monoisotopic (exact) mass is 356 g/mol. The zero-order valence-corrected chi connectivity index (χ0v) is 15.3. The van der Waals surface area contributed by atoms with Crippen LogP contribution in [0.15, 0.2) is 77.1 Å². The lowest BCUT2D eigenvalue weighted by molar-refractivity contribution is 0.476. The molecule has 0 saturated heterocycles. The van der Waals surface area contributed by atoms with E-state index in [1.54, 1.807) is 12.1 Å². The maximum atomic E-state index is 10.0. The zero-order chi connectivity index (χ0) is 18.8. The van der Waals surface area contributed by atoms with Crippen molar-refractivity contribution in [3.63, 3.8) is 0 Å². The number of benzene rings is 2. The number of rotatable bonds is 4. The van der Waals surface area contributed by atoms with Crippen molar-refractivity contribution in [2.45, 2.75) is 20.3 Å². The normalized spacial score (nSPS) is 11.5. The first-order valence-corrected chi connectivity index (χ1v) is 8.93. The van der Waals surface area contributed by atoms with E-state index < -0.39 is 0 Å². The van der Waals surface area contributed by atoms with Crippen LogP contribution in [0.4, 0.5) is 11.5 Å². The lowest BCUT2D eigenvalue weighted by Crippen LogP contribution is -1.83. The molecule has 0 atom stereocenters. The van der Waals surface area contributed by atoms with E-state index in [1.807, 2.05) is 41.8 Å². The molecule has 0 fully saturated rings. The maximum Gasteiger partial charge on any atom is 0.187 e. The summed E-state index contributed by atoms with van der Waals surface area (Å²) in [5.41, 5.74) is 5.27. The summed E-state index contributed by atoms with van der Waals surface area (Å²) in [5.74, 6) is 0.739. The van der Waals surface area contributed by atoms with E-state index in [2.05, 4.69) is 41.4 Å². The molecule has 2 aromatic heterocycles. The molecule has 2 heterocycles. The van der Waals surface area contributed by atoms with Crippen LogP contribution in [0.2, 0.25) is 0 Å². The van der Waals surface area contributed by atoms with Crippen molar-refractivity contribution in [3.8, 4) is 17.0 Å². The van der Waals surface area contributed by atoms with Crippen molar-refractivity contribution in [3.05, 3.63) is 78.0 Å². The number of phenolic OH excluding ortho intramolecular Hbond substituents is 1. The summed E-state index contributed by atoms with van der Waals surface area (Å²) in [4.78, 5) is 4.74. The molecule has 4 aromatic rings. The molecule has 27 heavy (non-hydrogen) atoms. The summed E-state index contributed by atoms with van der Waals surface area (Å²) < 4.78 is 1.90. The van der Waals surface area contributed by atoms with Gasteiger partial charge < -0.3 is 5.11 Å². The van der Waals surface area contributed by atoms with Gasteiger partial charge in [-0.15, -0.1) is 10.2 Å². The first kappa shape index (κ1) is 17.0. The molecule has 0 amide bonds. The quantitative estimate of drug-likeness (QED) is 0.456. The number of hydrogen-bond acceptors (Lipinski definition) is 4. The van der Waals surface area contributed by atoms with Crippen molar-refractivity contribution in [1.29, 1.82) is 0 Å². The molecule has 5 nitrogen and oxygen atoms in total. The molecule has 4 rings (SSSR count). The summed E-state index contributed by atoms with van der Waals surface area (Å²) in [7, 11) is 0. The van der Waals surface area contributed by atoms with E-state index in [0.29, 0.717) is 11.5 Å². The smallest absolute Gasteiger partial charge is 0.187 e. The lowest BCUT2D eigenvalue weighted by atomic mass is 10.1. The molecule has 0 bridgehead atoms. The van der Waals surface area contributed by atoms with Gasteiger partial charge in [-0.1, -0.05) is 43.3 Å². The Bertz CT molecular complexity index is 1130.